The molecule has 0 radical (unpaired) electrons. The molecule has 0 saturated heterocycles. The highest BCUT2D eigenvalue weighted by molar-refractivity contribution is 5.17. The summed E-state index contributed by atoms with van der Waals surface area (Å²) in [7, 11) is 0. The Morgan fingerprint density at radius 2 is 1.74 bits per heavy atom. The van der Waals surface area contributed by atoms with Crippen LogP contribution in [0.4, 0.5) is 4.39 Å². The van der Waals surface area contributed by atoms with E-state index < -0.39 is 0 Å². The van der Waals surface area contributed by atoms with E-state index in [4.69, 9.17) is 5.73 Å². The lowest BCUT2D eigenvalue weighted by Crippen LogP contribution is -2.22. The maximum Gasteiger partial charge on any atom is 0.123 e. The van der Waals surface area contributed by atoms with Gasteiger partial charge in [0.25, 0.3) is 0 Å². The van der Waals surface area contributed by atoms with Crippen LogP contribution in [0.1, 0.15) is 63.9 Å². The minimum atomic E-state index is -0.166. The quantitative estimate of drug-likeness (QED) is 0.602. The van der Waals surface area contributed by atoms with Gasteiger partial charge in [-0.15, -0.1) is 0 Å². The smallest absolute Gasteiger partial charge is 0.123 e. The van der Waals surface area contributed by atoms with Gasteiger partial charge in [0.2, 0.25) is 0 Å². The molecule has 1 unspecified atom stereocenters. The van der Waals surface area contributed by atoms with Crippen molar-refractivity contribution in [3.05, 3.63) is 35.6 Å². The number of unbranched alkanes of at least 4 members (excludes halogenated alkanes) is 6. The van der Waals surface area contributed by atoms with E-state index >= 15 is 0 Å². The van der Waals surface area contributed by atoms with Gasteiger partial charge in [0, 0.05) is 6.04 Å². The van der Waals surface area contributed by atoms with E-state index in [1.165, 1.54) is 51.0 Å². The molecule has 0 amide bonds. The summed E-state index contributed by atoms with van der Waals surface area (Å²) in [5, 5.41) is 0. The molecule has 0 aliphatic rings. The van der Waals surface area contributed by atoms with Crippen LogP contribution in [0.25, 0.3) is 0 Å². The number of rotatable bonds is 10. The van der Waals surface area contributed by atoms with Crippen LogP contribution < -0.4 is 5.73 Å². The Balaban J connectivity index is 2.06. The van der Waals surface area contributed by atoms with Crippen LogP contribution in [0.15, 0.2) is 24.3 Å². The van der Waals surface area contributed by atoms with Crippen LogP contribution in [-0.2, 0) is 6.42 Å². The Morgan fingerprint density at radius 1 is 1.05 bits per heavy atom. The summed E-state index contributed by atoms with van der Waals surface area (Å²) in [6, 6.07) is 6.94. The summed E-state index contributed by atoms with van der Waals surface area (Å²) in [6.45, 7) is 2.24. The van der Waals surface area contributed by atoms with Gasteiger partial charge in [-0.2, -0.15) is 0 Å². The number of halogens is 1. The Hall–Kier alpha value is -0.890. The van der Waals surface area contributed by atoms with Crippen LogP contribution in [0.5, 0.6) is 0 Å². The highest BCUT2D eigenvalue weighted by Crippen LogP contribution is 2.12. The normalized spacial score (nSPS) is 12.6. The molecule has 0 bridgehead atoms. The van der Waals surface area contributed by atoms with Gasteiger partial charge < -0.3 is 5.73 Å². The number of nitrogens with two attached hydrogens (primary N) is 1. The summed E-state index contributed by atoms with van der Waals surface area (Å²) in [5.74, 6) is -0.166. The van der Waals surface area contributed by atoms with E-state index in [0.29, 0.717) is 0 Å². The van der Waals surface area contributed by atoms with Gasteiger partial charge in [-0.05, 0) is 30.5 Å². The molecule has 0 aromatic heterocycles. The standard InChI is InChI=1S/C17H28FN/c1-2-3-4-5-6-7-8-12-17(19)14-15-10-9-11-16(18)13-15/h9-11,13,17H,2-8,12,14,19H2,1H3. The molecule has 0 heterocycles. The molecule has 0 saturated carbocycles. The molecule has 1 atom stereocenters. The molecular weight excluding hydrogens is 237 g/mol. The van der Waals surface area contributed by atoms with Gasteiger partial charge in [-0.1, -0.05) is 64.0 Å². The highest BCUT2D eigenvalue weighted by atomic mass is 19.1. The molecule has 108 valence electrons. The number of hydrogen-bond donors (Lipinski definition) is 1. The molecule has 0 spiro atoms. The van der Waals surface area contributed by atoms with Crippen molar-refractivity contribution < 1.29 is 4.39 Å². The monoisotopic (exact) mass is 265 g/mol. The van der Waals surface area contributed by atoms with Crippen molar-refractivity contribution in [3.63, 3.8) is 0 Å². The molecule has 1 rings (SSSR count). The second-order valence-electron chi connectivity index (χ2n) is 5.50. The van der Waals surface area contributed by atoms with Crippen LogP contribution in [0.3, 0.4) is 0 Å². The van der Waals surface area contributed by atoms with E-state index in [2.05, 4.69) is 6.92 Å². The minimum Gasteiger partial charge on any atom is -0.327 e. The lowest BCUT2D eigenvalue weighted by Gasteiger charge is -2.11. The van der Waals surface area contributed by atoms with Gasteiger partial charge in [0.1, 0.15) is 5.82 Å². The van der Waals surface area contributed by atoms with Crippen molar-refractivity contribution in [2.75, 3.05) is 0 Å². The summed E-state index contributed by atoms with van der Waals surface area (Å²) in [5.41, 5.74) is 7.11. The zero-order valence-electron chi connectivity index (χ0n) is 12.2. The molecule has 0 fully saturated rings. The van der Waals surface area contributed by atoms with Gasteiger partial charge in [0.15, 0.2) is 0 Å². The summed E-state index contributed by atoms with van der Waals surface area (Å²) in [4.78, 5) is 0. The van der Waals surface area contributed by atoms with Crippen molar-refractivity contribution in [2.45, 2.75) is 70.8 Å². The average molecular weight is 265 g/mol. The zero-order chi connectivity index (χ0) is 13.9. The van der Waals surface area contributed by atoms with Crippen LogP contribution in [0.2, 0.25) is 0 Å². The first-order valence-corrected chi connectivity index (χ1v) is 7.72. The van der Waals surface area contributed by atoms with Gasteiger partial charge in [-0.25, -0.2) is 4.39 Å². The lowest BCUT2D eigenvalue weighted by molar-refractivity contribution is 0.527. The molecule has 0 aliphatic heterocycles. The fourth-order valence-electron chi connectivity index (χ4n) is 2.43. The van der Waals surface area contributed by atoms with Crippen molar-refractivity contribution in [2.24, 2.45) is 5.73 Å². The summed E-state index contributed by atoms with van der Waals surface area (Å²) in [6.07, 6.45) is 11.0. The van der Waals surface area contributed by atoms with E-state index in [1.54, 1.807) is 12.1 Å². The maximum atomic E-state index is 13.0. The van der Waals surface area contributed by atoms with Crippen molar-refractivity contribution >= 4 is 0 Å². The molecule has 19 heavy (non-hydrogen) atoms. The Morgan fingerprint density at radius 3 is 2.42 bits per heavy atom. The molecule has 1 nitrogen and oxygen atoms in total. The lowest BCUT2D eigenvalue weighted by atomic mass is 10.0. The van der Waals surface area contributed by atoms with E-state index in [1.807, 2.05) is 6.07 Å². The fraction of sp³-hybridized carbons (Fsp3) is 0.647. The van der Waals surface area contributed by atoms with Crippen molar-refractivity contribution in [1.82, 2.24) is 0 Å². The molecule has 1 aromatic rings. The predicted molar refractivity (Wildman–Crippen MR) is 80.7 cm³/mol. The Labute approximate surface area is 117 Å². The van der Waals surface area contributed by atoms with E-state index in [-0.39, 0.29) is 11.9 Å². The van der Waals surface area contributed by atoms with E-state index in [0.717, 1.165) is 18.4 Å². The van der Waals surface area contributed by atoms with Gasteiger partial charge in [-0.3, -0.25) is 0 Å². The second-order valence-corrected chi connectivity index (χ2v) is 5.50. The third-order valence-corrected chi connectivity index (χ3v) is 3.57. The highest BCUT2D eigenvalue weighted by Gasteiger charge is 2.04. The molecule has 0 aliphatic carbocycles. The third kappa shape index (κ3) is 7.99. The third-order valence-electron chi connectivity index (χ3n) is 3.57. The largest absolute Gasteiger partial charge is 0.327 e. The fourth-order valence-corrected chi connectivity index (χ4v) is 2.43. The maximum absolute atomic E-state index is 13.0. The first kappa shape index (κ1) is 16.2. The molecule has 2 N–H and O–H groups in total. The molecule has 2 heteroatoms. The van der Waals surface area contributed by atoms with Crippen molar-refractivity contribution in [1.29, 1.82) is 0 Å². The first-order chi connectivity index (χ1) is 9.22. The van der Waals surface area contributed by atoms with Crippen LogP contribution in [-0.4, -0.2) is 6.04 Å². The average Bonchev–Trinajstić information content (AvgIpc) is 2.37. The van der Waals surface area contributed by atoms with Gasteiger partial charge >= 0.3 is 0 Å². The molecule has 1 aromatic carbocycles. The Kier molecular flexibility index (Phi) is 8.48. The van der Waals surface area contributed by atoms with E-state index in [9.17, 15) is 4.39 Å². The van der Waals surface area contributed by atoms with Crippen LogP contribution >= 0.6 is 0 Å². The number of benzene rings is 1. The minimum absolute atomic E-state index is 0.164. The number of hydrogen-bond acceptors (Lipinski definition) is 1. The topological polar surface area (TPSA) is 26.0 Å². The second kappa shape index (κ2) is 9.96. The van der Waals surface area contributed by atoms with Crippen molar-refractivity contribution in [3.8, 4) is 0 Å². The van der Waals surface area contributed by atoms with Crippen LogP contribution in [0, 0.1) is 5.82 Å². The van der Waals surface area contributed by atoms with Gasteiger partial charge in [0.05, 0.1) is 0 Å². The first-order valence-electron chi connectivity index (χ1n) is 7.72. The molecular formula is C17H28FN. The Bertz CT molecular complexity index is 338. The zero-order valence-corrected chi connectivity index (χ0v) is 12.2. The summed E-state index contributed by atoms with van der Waals surface area (Å²) < 4.78 is 13.0. The summed E-state index contributed by atoms with van der Waals surface area (Å²) >= 11 is 0. The SMILES string of the molecule is CCCCCCCCCC(N)Cc1cccc(F)c1. The predicted octanol–water partition coefficient (Wildman–Crippen LogP) is 4.84.